The number of fused-ring (bicyclic) bond motifs is 7. The summed E-state index contributed by atoms with van der Waals surface area (Å²) in [5, 5.41) is 0. The molecule has 0 unspecified atom stereocenters. The first-order valence-corrected chi connectivity index (χ1v) is 14.5. The smallest absolute Gasteiger partial charge is 0.302 e. The average molecular weight is 469 g/mol. The van der Waals surface area contributed by atoms with Crippen LogP contribution in [-0.4, -0.2) is 12.1 Å². The Kier molecular flexibility index (Phi) is 5.57. The maximum Gasteiger partial charge on any atom is 0.302 e. The molecule has 0 aromatic heterocycles. The molecule has 0 radical (unpaired) electrons. The average Bonchev–Trinajstić information content (AvgIpc) is 3.08. The lowest BCUT2D eigenvalue weighted by atomic mass is 9.32. The van der Waals surface area contributed by atoms with Crippen molar-refractivity contribution in [1.82, 2.24) is 0 Å². The van der Waals surface area contributed by atoms with Gasteiger partial charge in [-0.05, 0) is 122 Å². The van der Waals surface area contributed by atoms with Crippen LogP contribution >= 0.6 is 0 Å². The van der Waals surface area contributed by atoms with Crippen molar-refractivity contribution in [1.29, 1.82) is 0 Å². The summed E-state index contributed by atoms with van der Waals surface area (Å²) in [6, 6.07) is 0. The Labute approximate surface area is 210 Å². The summed E-state index contributed by atoms with van der Waals surface area (Å²) in [5.41, 5.74) is 3.23. The highest BCUT2D eigenvalue weighted by molar-refractivity contribution is 5.66. The topological polar surface area (TPSA) is 26.3 Å². The van der Waals surface area contributed by atoms with E-state index in [1.54, 1.807) is 6.92 Å². The predicted octanol–water partition coefficient (Wildman–Crippen LogP) is 8.60. The zero-order chi connectivity index (χ0) is 24.9. The summed E-state index contributed by atoms with van der Waals surface area (Å²) >= 11 is 0. The van der Waals surface area contributed by atoms with Crippen molar-refractivity contribution in [3.05, 3.63) is 12.2 Å². The molecule has 0 amide bonds. The van der Waals surface area contributed by atoms with Crippen LogP contribution in [0.25, 0.3) is 0 Å². The Morgan fingerprint density at radius 1 is 0.765 bits per heavy atom. The highest BCUT2D eigenvalue weighted by Crippen LogP contribution is 2.77. The van der Waals surface area contributed by atoms with Crippen LogP contribution in [0.2, 0.25) is 0 Å². The summed E-state index contributed by atoms with van der Waals surface area (Å²) in [7, 11) is 0. The third-order valence-corrected chi connectivity index (χ3v) is 13.7. The molecule has 5 fully saturated rings. The van der Waals surface area contributed by atoms with Gasteiger partial charge in [-0.25, -0.2) is 0 Å². The van der Waals surface area contributed by atoms with Gasteiger partial charge in [-0.1, -0.05) is 53.7 Å². The normalized spacial score (nSPS) is 53.6. The minimum atomic E-state index is -0.107. The Hall–Kier alpha value is -0.790. The van der Waals surface area contributed by atoms with Gasteiger partial charge >= 0.3 is 5.97 Å². The van der Waals surface area contributed by atoms with E-state index >= 15 is 0 Å². The molecule has 5 aliphatic rings. The van der Waals surface area contributed by atoms with E-state index in [2.05, 4.69) is 55.0 Å². The quantitative estimate of drug-likeness (QED) is 0.299. The van der Waals surface area contributed by atoms with Crippen molar-refractivity contribution in [2.45, 2.75) is 126 Å². The van der Waals surface area contributed by atoms with Crippen LogP contribution in [0.5, 0.6) is 0 Å². The lowest BCUT2D eigenvalue weighted by molar-refractivity contribution is -0.248. The van der Waals surface area contributed by atoms with Gasteiger partial charge in [-0.15, -0.1) is 0 Å². The number of carbonyl (C=O) groups is 1. The van der Waals surface area contributed by atoms with Gasteiger partial charge in [0.2, 0.25) is 0 Å². The summed E-state index contributed by atoms with van der Waals surface area (Å²) in [6.07, 6.45) is 13.4. The van der Waals surface area contributed by atoms with E-state index in [0.717, 1.165) is 30.1 Å². The first-order chi connectivity index (χ1) is 15.7. The van der Waals surface area contributed by atoms with E-state index in [4.69, 9.17) is 4.74 Å². The van der Waals surface area contributed by atoms with Crippen molar-refractivity contribution in [2.75, 3.05) is 0 Å². The molecule has 2 heteroatoms. The summed E-state index contributed by atoms with van der Waals surface area (Å²) in [6.45, 7) is 23.9. The third-order valence-electron chi connectivity index (χ3n) is 13.7. The summed E-state index contributed by atoms with van der Waals surface area (Å²) < 4.78 is 5.91. The fraction of sp³-hybridized carbons (Fsp3) is 0.906. The SMILES string of the molecule is C=C(C)[C@@H]1CC[C@]2(C)CC[C@]3(C)[C@H](CC[C@@H]4[C@@]5(C)CC[C@@H](OC(C)=O)C(C)(C)[C@H]5CC[C@]43C)[C@@H]12. The van der Waals surface area contributed by atoms with Crippen LogP contribution < -0.4 is 0 Å². The highest BCUT2D eigenvalue weighted by Gasteiger charge is 2.70. The van der Waals surface area contributed by atoms with Gasteiger partial charge in [0.25, 0.3) is 0 Å². The van der Waals surface area contributed by atoms with Gasteiger partial charge in [0, 0.05) is 12.3 Å². The second-order valence-corrected chi connectivity index (χ2v) is 15.3. The van der Waals surface area contributed by atoms with Crippen LogP contribution in [0.4, 0.5) is 0 Å². The minimum absolute atomic E-state index is 0.0550. The fourth-order valence-corrected chi connectivity index (χ4v) is 11.9. The highest BCUT2D eigenvalue weighted by atomic mass is 16.5. The van der Waals surface area contributed by atoms with Gasteiger partial charge in [0.15, 0.2) is 0 Å². The zero-order valence-electron chi connectivity index (χ0n) is 23.6. The molecule has 5 aliphatic carbocycles. The van der Waals surface area contributed by atoms with E-state index in [-0.39, 0.29) is 17.5 Å². The van der Waals surface area contributed by atoms with Crippen molar-refractivity contribution < 1.29 is 9.53 Å². The molecule has 0 bridgehead atoms. The molecule has 5 saturated carbocycles. The molecule has 5 rings (SSSR count). The zero-order valence-corrected chi connectivity index (χ0v) is 23.6. The molecule has 10 atom stereocenters. The van der Waals surface area contributed by atoms with Crippen LogP contribution in [-0.2, 0) is 9.53 Å². The van der Waals surface area contributed by atoms with Crippen LogP contribution in [0, 0.1) is 56.7 Å². The lowest BCUT2D eigenvalue weighted by Gasteiger charge is -2.73. The van der Waals surface area contributed by atoms with E-state index in [9.17, 15) is 4.79 Å². The van der Waals surface area contributed by atoms with E-state index < -0.39 is 0 Å². The number of esters is 1. The summed E-state index contributed by atoms with van der Waals surface area (Å²) in [5.74, 6) is 3.74. The van der Waals surface area contributed by atoms with Gasteiger partial charge in [0.05, 0.1) is 0 Å². The Balaban J connectivity index is 1.50. The minimum Gasteiger partial charge on any atom is -0.462 e. The molecule has 0 aromatic carbocycles. The molecule has 192 valence electrons. The van der Waals surface area contributed by atoms with E-state index in [1.165, 1.54) is 63.4 Å². The van der Waals surface area contributed by atoms with Gasteiger partial charge in [-0.3, -0.25) is 4.79 Å². The molecule has 0 aliphatic heterocycles. The number of ether oxygens (including phenoxy) is 1. The Morgan fingerprint density at radius 2 is 1.47 bits per heavy atom. The van der Waals surface area contributed by atoms with Crippen LogP contribution in [0.15, 0.2) is 12.2 Å². The van der Waals surface area contributed by atoms with E-state index in [1.807, 2.05) is 0 Å². The Morgan fingerprint density at radius 3 is 2.12 bits per heavy atom. The Bertz CT molecular complexity index is 872. The second-order valence-electron chi connectivity index (χ2n) is 15.3. The fourth-order valence-electron chi connectivity index (χ4n) is 11.9. The number of rotatable bonds is 2. The van der Waals surface area contributed by atoms with Crippen molar-refractivity contribution in [2.24, 2.45) is 56.7 Å². The standard InChI is InChI=1S/C32H52O2/c1-20(2)22-12-15-29(6)18-19-31(8)23(27(22)29)10-11-25-30(7)16-14-26(34-21(3)33)28(4,5)24(30)13-17-32(25,31)9/h22-27H,1,10-19H2,2-9H3/t22-,23+,24+,25+,26+,27+,29+,30-,31+,32+/m0/s1. The van der Waals surface area contributed by atoms with Crippen LogP contribution in [0.3, 0.4) is 0 Å². The van der Waals surface area contributed by atoms with Crippen molar-refractivity contribution in [3.63, 3.8) is 0 Å². The largest absolute Gasteiger partial charge is 0.462 e. The molecule has 0 aromatic rings. The third kappa shape index (κ3) is 3.08. The number of hydrogen-bond acceptors (Lipinski definition) is 2. The second kappa shape index (κ2) is 7.61. The van der Waals surface area contributed by atoms with Crippen LogP contribution in [0.1, 0.15) is 120 Å². The molecule has 0 saturated heterocycles. The number of allylic oxidation sites excluding steroid dienone is 1. The molecule has 0 N–H and O–H groups in total. The van der Waals surface area contributed by atoms with Gasteiger partial charge in [0.1, 0.15) is 6.10 Å². The maximum atomic E-state index is 11.9. The number of carbonyl (C=O) groups excluding carboxylic acids is 1. The maximum absolute atomic E-state index is 11.9. The van der Waals surface area contributed by atoms with Gasteiger partial charge < -0.3 is 4.74 Å². The molecule has 0 heterocycles. The number of hydrogen-bond donors (Lipinski definition) is 0. The molecular weight excluding hydrogens is 416 g/mol. The molecule has 0 spiro atoms. The lowest BCUT2D eigenvalue weighted by Crippen LogP contribution is -2.66. The van der Waals surface area contributed by atoms with E-state index in [0.29, 0.717) is 27.6 Å². The molecule has 34 heavy (non-hydrogen) atoms. The first-order valence-electron chi connectivity index (χ1n) is 14.5. The molecular formula is C32H52O2. The molecule has 2 nitrogen and oxygen atoms in total. The van der Waals surface area contributed by atoms with Crippen molar-refractivity contribution >= 4 is 5.97 Å². The summed E-state index contributed by atoms with van der Waals surface area (Å²) in [4.78, 5) is 11.9. The van der Waals surface area contributed by atoms with Gasteiger partial charge in [-0.2, -0.15) is 0 Å². The monoisotopic (exact) mass is 468 g/mol. The van der Waals surface area contributed by atoms with Crippen molar-refractivity contribution in [3.8, 4) is 0 Å². The first kappa shape index (κ1) is 24.9. The predicted molar refractivity (Wildman–Crippen MR) is 140 cm³/mol.